The molecule has 0 radical (unpaired) electrons. The highest BCUT2D eigenvalue weighted by molar-refractivity contribution is 7.98. The fourth-order valence-corrected chi connectivity index (χ4v) is 3.18. The maximum atomic E-state index is 12.4. The topological polar surface area (TPSA) is 48.5 Å². The molecule has 1 aliphatic rings. The van der Waals surface area contributed by atoms with Gasteiger partial charge in [0, 0.05) is 55.7 Å². The number of thioether (sulfide) groups is 1. The minimum absolute atomic E-state index is 0.0233. The molecule has 0 unspecified atom stereocenters. The summed E-state index contributed by atoms with van der Waals surface area (Å²) >= 11 is 1.86. The van der Waals surface area contributed by atoms with E-state index in [1.54, 1.807) is 6.20 Å². The SMILES string of the molecule is CSCCN1CCN(C(=O)Nc2ccc3cccnc3c2)CC1. The van der Waals surface area contributed by atoms with Gasteiger partial charge in [0.15, 0.2) is 0 Å². The standard InChI is InChI=1S/C17H22N4OS/c1-23-12-11-20-7-9-21(10-8-20)17(22)19-15-5-4-14-3-2-6-18-16(14)13-15/h2-6,13H,7-12H2,1H3,(H,19,22). The Morgan fingerprint density at radius 1 is 1.26 bits per heavy atom. The van der Waals surface area contributed by atoms with Gasteiger partial charge >= 0.3 is 6.03 Å². The van der Waals surface area contributed by atoms with Gasteiger partial charge in [-0.1, -0.05) is 12.1 Å². The number of rotatable bonds is 4. The molecular weight excluding hydrogens is 308 g/mol. The molecule has 1 aromatic heterocycles. The number of aromatic nitrogens is 1. The van der Waals surface area contributed by atoms with Gasteiger partial charge in [-0.15, -0.1) is 0 Å². The average molecular weight is 330 g/mol. The number of hydrogen-bond donors (Lipinski definition) is 1. The third-order valence-electron chi connectivity index (χ3n) is 4.13. The Hall–Kier alpha value is -1.79. The van der Waals surface area contributed by atoms with Crippen LogP contribution >= 0.6 is 11.8 Å². The lowest BCUT2D eigenvalue weighted by Crippen LogP contribution is -2.50. The molecule has 1 N–H and O–H groups in total. The van der Waals surface area contributed by atoms with E-state index in [0.29, 0.717) is 0 Å². The summed E-state index contributed by atoms with van der Waals surface area (Å²) in [5, 5.41) is 4.06. The Kier molecular flexibility index (Phi) is 5.35. The second kappa shape index (κ2) is 7.66. The number of piperazine rings is 1. The van der Waals surface area contributed by atoms with Gasteiger partial charge in [0.2, 0.25) is 0 Å². The van der Waals surface area contributed by atoms with E-state index in [9.17, 15) is 4.79 Å². The predicted octanol–water partition coefficient (Wildman–Crippen LogP) is 2.75. The number of hydrogen-bond acceptors (Lipinski definition) is 4. The van der Waals surface area contributed by atoms with Crippen molar-refractivity contribution in [3.63, 3.8) is 0 Å². The van der Waals surface area contributed by atoms with Gasteiger partial charge in [0.25, 0.3) is 0 Å². The molecule has 2 amide bonds. The van der Waals surface area contributed by atoms with Crippen molar-refractivity contribution in [3.8, 4) is 0 Å². The van der Waals surface area contributed by atoms with E-state index in [-0.39, 0.29) is 6.03 Å². The Morgan fingerprint density at radius 3 is 2.87 bits per heavy atom. The predicted molar refractivity (Wildman–Crippen MR) is 97.2 cm³/mol. The number of pyridine rings is 1. The van der Waals surface area contributed by atoms with Crippen molar-refractivity contribution in [2.24, 2.45) is 0 Å². The van der Waals surface area contributed by atoms with Crippen LogP contribution in [0.2, 0.25) is 0 Å². The van der Waals surface area contributed by atoms with Crippen LogP contribution in [0.3, 0.4) is 0 Å². The van der Waals surface area contributed by atoms with E-state index < -0.39 is 0 Å². The molecular formula is C17H22N4OS. The molecule has 5 nitrogen and oxygen atoms in total. The van der Waals surface area contributed by atoms with E-state index in [0.717, 1.165) is 55.1 Å². The van der Waals surface area contributed by atoms with Crippen LogP contribution in [0.1, 0.15) is 0 Å². The second-order valence-corrected chi connectivity index (χ2v) is 6.65. The van der Waals surface area contributed by atoms with Crippen LogP contribution in [0.5, 0.6) is 0 Å². The molecule has 1 saturated heterocycles. The van der Waals surface area contributed by atoms with Crippen LogP contribution in [0.15, 0.2) is 36.5 Å². The van der Waals surface area contributed by atoms with Crippen LogP contribution in [0, 0.1) is 0 Å². The molecule has 1 aliphatic heterocycles. The highest BCUT2D eigenvalue weighted by Crippen LogP contribution is 2.17. The van der Waals surface area contributed by atoms with E-state index in [1.807, 2.05) is 47.0 Å². The Balaban J connectivity index is 1.56. The Morgan fingerprint density at radius 2 is 2.09 bits per heavy atom. The highest BCUT2D eigenvalue weighted by Gasteiger charge is 2.20. The third kappa shape index (κ3) is 4.14. The highest BCUT2D eigenvalue weighted by atomic mass is 32.2. The van der Waals surface area contributed by atoms with Crippen LogP contribution in [-0.2, 0) is 0 Å². The first kappa shape index (κ1) is 16.1. The van der Waals surface area contributed by atoms with Gasteiger partial charge in [0.1, 0.15) is 0 Å². The van der Waals surface area contributed by atoms with Gasteiger partial charge in [0.05, 0.1) is 5.52 Å². The summed E-state index contributed by atoms with van der Waals surface area (Å²) in [6.45, 7) is 4.57. The number of nitrogens with one attached hydrogen (secondary N) is 1. The third-order valence-corrected chi connectivity index (χ3v) is 4.72. The fraction of sp³-hybridized carbons (Fsp3) is 0.412. The normalized spacial score (nSPS) is 15.8. The van der Waals surface area contributed by atoms with Gasteiger partial charge < -0.3 is 10.2 Å². The van der Waals surface area contributed by atoms with E-state index in [1.165, 1.54) is 0 Å². The molecule has 1 fully saturated rings. The monoisotopic (exact) mass is 330 g/mol. The first-order valence-corrected chi connectivity index (χ1v) is 9.27. The van der Waals surface area contributed by atoms with Crippen molar-refractivity contribution in [1.29, 1.82) is 0 Å². The van der Waals surface area contributed by atoms with Gasteiger partial charge in [-0.05, 0) is 24.5 Å². The molecule has 0 saturated carbocycles. The lowest BCUT2D eigenvalue weighted by atomic mass is 10.2. The molecule has 2 aromatic rings. The van der Waals surface area contributed by atoms with Gasteiger partial charge in [-0.3, -0.25) is 9.88 Å². The van der Waals surface area contributed by atoms with Crippen molar-refractivity contribution in [3.05, 3.63) is 36.5 Å². The first-order valence-electron chi connectivity index (χ1n) is 7.88. The van der Waals surface area contributed by atoms with E-state index in [4.69, 9.17) is 0 Å². The maximum Gasteiger partial charge on any atom is 0.321 e. The quantitative estimate of drug-likeness (QED) is 0.936. The summed E-state index contributed by atoms with van der Waals surface area (Å²) in [6.07, 6.45) is 3.89. The Labute approximate surface area is 141 Å². The van der Waals surface area contributed by atoms with Crippen molar-refractivity contribution in [2.45, 2.75) is 0 Å². The molecule has 122 valence electrons. The zero-order valence-electron chi connectivity index (χ0n) is 13.4. The van der Waals surface area contributed by atoms with Gasteiger partial charge in [-0.25, -0.2) is 4.79 Å². The molecule has 0 atom stereocenters. The minimum atomic E-state index is -0.0233. The van der Waals surface area contributed by atoms with Crippen LogP contribution in [0.4, 0.5) is 10.5 Å². The molecule has 0 bridgehead atoms. The number of nitrogens with zero attached hydrogens (tertiary/aromatic N) is 3. The van der Waals surface area contributed by atoms with Crippen molar-refractivity contribution < 1.29 is 4.79 Å². The number of anilines is 1. The Bertz CT molecular complexity index is 670. The fourth-order valence-electron chi connectivity index (χ4n) is 2.74. The van der Waals surface area contributed by atoms with Crippen LogP contribution in [-0.4, -0.2) is 65.5 Å². The van der Waals surface area contributed by atoms with Crippen molar-refractivity contribution in [2.75, 3.05) is 50.0 Å². The van der Waals surface area contributed by atoms with E-state index >= 15 is 0 Å². The smallest absolute Gasteiger partial charge is 0.321 e. The lowest BCUT2D eigenvalue weighted by Gasteiger charge is -2.34. The first-order chi connectivity index (χ1) is 11.3. The zero-order chi connectivity index (χ0) is 16.1. The lowest BCUT2D eigenvalue weighted by molar-refractivity contribution is 0.152. The van der Waals surface area contributed by atoms with Crippen LogP contribution in [0.25, 0.3) is 10.9 Å². The maximum absolute atomic E-state index is 12.4. The summed E-state index contributed by atoms with van der Waals surface area (Å²) in [5.74, 6) is 1.15. The summed E-state index contributed by atoms with van der Waals surface area (Å²) < 4.78 is 0. The zero-order valence-corrected chi connectivity index (χ0v) is 14.2. The summed E-state index contributed by atoms with van der Waals surface area (Å²) in [7, 11) is 0. The van der Waals surface area contributed by atoms with Crippen molar-refractivity contribution in [1.82, 2.24) is 14.8 Å². The number of amides is 2. The van der Waals surface area contributed by atoms with Gasteiger partial charge in [-0.2, -0.15) is 11.8 Å². The molecule has 6 heteroatoms. The summed E-state index contributed by atoms with van der Waals surface area (Å²) in [5.41, 5.74) is 1.69. The molecule has 1 aromatic carbocycles. The second-order valence-electron chi connectivity index (χ2n) is 5.66. The largest absolute Gasteiger partial charge is 0.322 e. The number of benzene rings is 1. The number of fused-ring (bicyclic) bond motifs is 1. The molecule has 0 aliphatic carbocycles. The number of carbonyl (C=O) groups excluding carboxylic acids is 1. The van der Waals surface area contributed by atoms with E-state index in [2.05, 4.69) is 21.5 Å². The summed E-state index contributed by atoms with van der Waals surface area (Å²) in [6, 6.07) is 9.74. The molecule has 3 rings (SSSR count). The molecule has 2 heterocycles. The average Bonchev–Trinajstić information content (AvgIpc) is 2.60. The molecule has 23 heavy (non-hydrogen) atoms. The molecule has 0 spiro atoms. The van der Waals surface area contributed by atoms with Crippen molar-refractivity contribution >= 4 is 34.4 Å². The summed E-state index contributed by atoms with van der Waals surface area (Å²) in [4.78, 5) is 21.0. The number of carbonyl (C=O) groups is 1. The number of urea groups is 1. The minimum Gasteiger partial charge on any atom is -0.322 e. The van der Waals surface area contributed by atoms with Crippen LogP contribution < -0.4 is 5.32 Å².